The molecule has 2 aromatic carbocycles. The quantitative estimate of drug-likeness (QED) is 0.557. The maximum Gasteiger partial charge on any atom is 0.295 e. The van der Waals surface area contributed by atoms with Crippen LogP contribution in [0.1, 0.15) is 47.1 Å². The summed E-state index contributed by atoms with van der Waals surface area (Å²) in [5.74, 6) is -0.891. The standard InChI is InChI=1S/C26H25N3O4/c1-15(2)33-20-7-5-6-19(14-20)23-22(24(30)18-11-8-16(3)9-12-18)25(31)26(32)29(23)21-13-10-17(4)27-28-21/h5-15,23,31H,1-4H3. The molecule has 3 aromatic rings. The van der Waals surface area contributed by atoms with Crippen LogP contribution in [0.2, 0.25) is 0 Å². The number of carbonyl (C=O) groups excluding carboxylic acids is 2. The summed E-state index contributed by atoms with van der Waals surface area (Å²) < 4.78 is 5.82. The van der Waals surface area contributed by atoms with Crippen molar-refractivity contribution < 1.29 is 19.4 Å². The van der Waals surface area contributed by atoms with Crippen molar-refractivity contribution >= 4 is 17.5 Å². The van der Waals surface area contributed by atoms with Gasteiger partial charge in [0.2, 0.25) is 0 Å². The lowest BCUT2D eigenvalue weighted by Gasteiger charge is -2.26. The Hall–Kier alpha value is -4.00. The number of nitrogens with zero attached hydrogens (tertiary/aromatic N) is 3. The highest BCUT2D eigenvalue weighted by Gasteiger charge is 2.45. The second kappa shape index (κ2) is 8.86. The van der Waals surface area contributed by atoms with Crippen LogP contribution < -0.4 is 9.64 Å². The zero-order chi connectivity index (χ0) is 23.7. The average molecular weight is 444 g/mol. The van der Waals surface area contributed by atoms with Crippen molar-refractivity contribution in [3.8, 4) is 5.75 Å². The summed E-state index contributed by atoms with van der Waals surface area (Å²) in [6.45, 7) is 7.54. The van der Waals surface area contributed by atoms with E-state index < -0.39 is 23.5 Å². The fraction of sp³-hybridized carbons (Fsp3) is 0.231. The van der Waals surface area contributed by atoms with E-state index >= 15 is 0 Å². The smallest absolute Gasteiger partial charge is 0.295 e. The van der Waals surface area contributed by atoms with Crippen LogP contribution >= 0.6 is 0 Å². The number of ketones is 1. The van der Waals surface area contributed by atoms with Gasteiger partial charge in [0.05, 0.1) is 23.4 Å². The SMILES string of the molecule is Cc1ccc(C(=O)C2=C(O)C(=O)N(c3ccc(C)nn3)C2c2cccc(OC(C)C)c2)cc1. The van der Waals surface area contributed by atoms with E-state index in [0.29, 0.717) is 22.6 Å². The maximum atomic E-state index is 13.5. The first kappa shape index (κ1) is 22.2. The van der Waals surface area contributed by atoms with Gasteiger partial charge in [0, 0.05) is 5.56 Å². The van der Waals surface area contributed by atoms with Crippen LogP contribution in [0.25, 0.3) is 0 Å². The topological polar surface area (TPSA) is 92.6 Å². The van der Waals surface area contributed by atoms with E-state index in [1.807, 2.05) is 32.9 Å². The van der Waals surface area contributed by atoms with Crippen LogP contribution in [0, 0.1) is 13.8 Å². The van der Waals surface area contributed by atoms with E-state index in [9.17, 15) is 14.7 Å². The molecule has 4 rings (SSSR count). The van der Waals surface area contributed by atoms with Gasteiger partial charge in [0.1, 0.15) is 5.75 Å². The molecular weight excluding hydrogens is 418 g/mol. The molecule has 0 spiro atoms. The molecule has 33 heavy (non-hydrogen) atoms. The highest BCUT2D eigenvalue weighted by atomic mass is 16.5. The number of Topliss-reactive ketones (excluding diaryl/α,β-unsaturated/α-hetero) is 1. The molecule has 0 bridgehead atoms. The van der Waals surface area contributed by atoms with Crippen LogP contribution in [-0.2, 0) is 4.79 Å². The summed E-state index contributed by atoms with van der Waals surface area (Å²) in [5.41, 5.74) is 2.67. The number of hydrogen-bond acceptors (Lipinski definition) is 6. The molecule has 1 atom stereocenters. The number of aryl methyl sites for hydroxylation is 2. The van der Waals surface area contributed by atoms with Gasteiger partial charge in [0.25, 0.3) is 5.91 Å². The molecule has 7 heteroatoms. The number of benzene rings is 2. The molecule has 0 saturated heterocycles. The maximum absolute atomic E-state index is 13.5. The van der Waals surface area contributed by atoms with Gasteiger partial charge in [-0.15, -0.1) is 5.10 Å². The van der Waals surface area contributed by atoms with Gasteiger partial charge in [-0.25, -0.2) is 0 Å². The third kappa shape index (κ3) is 4.35. The fourth-order valence-electron chi connectivity index (χ4n) is 3.80. The fourth-order valence-corrected chi connectivity index (χ4v) is 3.80. The lowest BCUT2D eigenvalue weighted by atomic mass is 9.92. The molecule has 1 unspecified atom stereocenters. The van der Waals surface area contributed by atoms with Gasteiger partial charge >= 0.3 is 0 Å². The summed E-state index contributed by atoms with van der Waals surface area (Å²) in [4.78, 5) is 28.0. The third-order valence-corrected chi connectivity index (χ3v) is 5.34. The molecule has 0 radical (unpaired) electrons. The number of aliphatic hydroxyl groups excluding tert-OH is 1. The highest BCUT2D eigenvalue weighted by Crippen LogP contribution is 2.42. The molecule has 7 nitrogen and oxygen atoms in total. The summed E-state index contributed by atoms with van der Waals surface area (Å²) in [6, 6.07) is 16.6. The summed E-state index contributed by atoms with van der Waals surface area (Å²) in [7, 11) is 0. The number of hydrogen-bond donors (Lipinski definition) is 1. The number of anilines is 1. The Morgan fingerprint density at radius 1 is 1.03 bits per heavy atom. The highest BCUT2D eigenvalue weighted by molar-refractivity contribution is 6.20. The number of ether oxygens (including phenoxy) is 1. The number of amides is 1. The van der Waals surface area contributed by atoms with Gasteiger partial charge in [0.15, 0.2) is 17.4 Å². The average Bonchev–Trinajstić information content (AvgIpc) is 3.05. The van der Waals surface area contributed by atoms with E-state index in [1.54, 1.807) is 55.5 Å². The van der Waals surface area contributed by atoms with Crippen molar-refractivity contribution in [2.75, 3.05) is 4.90 Å². The van der Waals surface area contributed by atoms with Gasteiger partial charge in [-0.2, -0.15) is 5.10 Å². The molecule has 1 aliphatic heterocycles. The Labute approximate surface area is 192 Å². The lowest BCUT2D eigenvalue weighted by molar-refractivity contribution is -0.117. The molecule has 1 N–H and O–H groups in total. The van der Waals surface area contributed by atoms with Crippen LogP contribution in [0.3, 0.4) is 0 Å². The zero-order valence-electron chi connectivity index (χ0n) is 18.9. The predicted molar refractivity (Wildman–Crippen MR) is 124 cm³/mol. The largest absolute Gasteiger partial charge is 0.503 e. The second-order valence-corrected chi connectivity index (χ2v) is 8.31. The van der Waals surface area contributed by atoms with Crippen molar-refractivity contribution in [2.45, 2.75) is 39.8 Å². The van der Waals surface area contributed by atoms with Crippen molar-refractivity contribution in [1.82, 2.24) is 10.2 Å². The monoisotopic (exact) mass is 443 g/mol. The normalized spacial score (nSPS) is 16.0. The Morgan fingerprint density at radius 2 is 1.76 bits per heavy atom. The Kier molecular flexibility index (Phi) is 5.96. The van der Waals surface area contributed by atoms with Crippen LogP contribution in [0.5, 0.6) is 5.75 Å². The molecule has 0 fully saturated rings. The van der Waals surface area contributed by atoms with Gasteiger partial charge in [-0.3, -0.25) is 14.5 Å². The third-order valence-electron chi connectivity index (χ3n) is 5.34. The Bertz CT molecular complexity index is 1230. The minimum Gasteiger partial charge on any atom is -0.503 e. The molecule has 1 amide bonds. The van der Waals surface area contributed by atoms with Crippen LogP contribution in [0.15, 0.2) is 72.0 Å². The predicted octanol–water partition coefficient (Wildman–Crippen LogP) is 4.66. The van der Waals surface area contributed by atoms with Crippen molar-refractivity contribution in [2.24, 2.45) is 0 Å². The zero-order valence-corrected chi connectivity index (χ0v) is 18.9. The summed E-state index contributed by atoms with van der Waals surface area (Å²) in [6.07, 6.45) is -0.0536. The first-order valence-corrected chi connectivity index (χ1v) is 10.7. The summed E-state index contributed by atoms with van der Waals surface area (Å²) in [5, 5.41) is 19.1. The van der Waals surface area contributed by atoms with E-state index in [-0.39, 0.29) is 17.5 Å². The Balaban J connectivity index is 1.86. The Morgan fingerprint density at radius 3 is 2.39 bits per heavy atom. The molecular formula is C26H25N3O4. The van der Waals surface area contributed by atoms with E-state index in [1.165, 1.54) is 4.90 Å². The minimum absolute atomic E-state index is 0.00655. The molecule has 0 aliphatic carbocycles. The minimum atomic E-state index is -0.890. The van der Waals surface area contributed by atoms with E-state index in [2.05, 4.69) is 10.2 Å². The number of rotatable bonds is 6. The summed E-state index contributed by atoms with van der Waals surface area (Å²) >= 11 is 0. The van der Waals surface area contributed by atoms with Gasteiger partial charge < -0.3 is 9.84 Å². The van der Waals surface area contributed by atoms with E-state index in [0.717, 1.165) is 5.56 Å². The molecule has 0 saturated carbocycles. The number of aromatic nitrogens is 2. The second-order valence-electron chi connectivity index (χ2n) is 8.31. The number of aliphatic hydroxyl groups is 1. The molecule has 168 valence electrons. The lowest BCUT2D eigenvalue weighted by Crippen LogP contribution is -2.32. The van der Waals surface area contributed by atoms with Gasteiger partial charge in [-0.05, 0) is 57.5 Å². The van der Waals surface area contributed by atoms with Crippen molar-refractivity contribution in [3.05, 3.63) is 94.4 Å². The van der Waals surface area contributed by atoms with Gasteiger partial charge in [-0.1, -0.05) is 42.0 Å². The van der Waals surface area contributed by atoms with Crippen LogP contribution in [0.4, 0.5) is 5.82 Å². The van der Waals surface area contributed by atoms with E-state index in [4.69, 9.17) is 4.74 Å². The van der Waals surface area contributed by atoms with Crippen molar-refractivity contribution in [3.63, 3.8) is 0 Å². The number of carbonyl (C=O) groups is 2. The first-order chi connectivity index (χ1) is 15.8. The van der Waals surface area contributed by atoms with Crippen LogP contribution in [-0.4, -0.2) is 33.1 Å². The first-order valence-electron chi connectivity index (χ1n) is 10.7. The molecule has 1 aliphatic rings. The molecule has 2 heterocycles. The van der Waals surface area contributed by atoms with Crippen molar-refractivity contribution in [1.29, 1.82) is 0 Å². The molecule has 1 aromatic heterocycles.